The molecule has 0 spiro atoms. The van der Waals surface area contributed by atoms with E-state index in [-0.39, 0.29) is 51.2 Å². The zero-order chi connectivity index (χ0) is 52.9. The third-order valence-electron chi connectivity index (χ3n) is 13.1. The highest BCUT2D eigenvalue weighted by Crippen LogP contribution is 2.51. The van der Waals surface area contributed by atoms with Crippen molar-refractivity contribution in [2.45, 2.75) is 87.8 Å². The Labute approximate surface area is 418 Å². The Kier molecular flexibility index (Phi) is 15.5. The molecule has 18 nitrogen and oxygen atoms in total. The molecule has 2 aliphatic carbocycles. The van der Waals surface area contributed by atoms with Crippen LogP contribution in [-0.2, 0) is 61.6 Å². The average Bonchev–Trinajstić information content (AvgIpc) is 4.22. The molecule has 7 heterocycles. The summed E-state index contributed by atoms with van der Waals surface area (Å²) in [7, 11) is -7.50. The minimum Gasteiger partial charge on any atom is -0.399 e. The lowest BCUT2D eigenvalue weighted by molar-refractivity contribution is -0.137. The van der Waals surface area contributed by atoms with Crippen molar-refractivity contribution in [2.24, 2.45) is 0 Å². The van der Waals surface area contributed by atoms with Gasteiger partial charge in [-0.25, -0.2) is 46.7 Å². The highest BCUT2D eigenvalue weighted by molar-refractivity contribution is 7.91. The molecule has 9 rings (SSSR count). The molecule has 4 aromatic heterocycles. The summed E-state index contributed by atoms with van der Waals surface area (Å²) in [5.41, 5.74) is 7.28. The monoisotopic (exact) mass is 1080 g/mol. The van der Waals surface area contributed by atoms with Crippen molar-refractivity contribution in [1.29, 1.82) is 0 Å². The van der Waals surface area contributed by atoms with Gasteiger partial charge in [0.25, 0.3) is 0 Å². The SMILES string of the molecule is CC1(C)OB(c2cnc(N)cc2C(F)(F)F)OC1(C)C.CS(=O)(=O)CC1(c2cc(-c3cnc(N)cc3C(F)(F)F)nc(N3CCOCC3)n2)CC1.CS(=O)(=O)CC1(c2cc(Cl)nc(N3CCOCC3)n2)CC1. The molecule has 0 bridgehead atoms. The predicted octanol–water partition coefficient (Wildman–Crippen LogP) is 5.08. The Morgan fingerprint density at radius 1 is 0.639 bits per heavy atom. The van der Waals surface area contributed by atoms with Crippen molar-refractivity contribution < 1.29 is 62.0 Å². The molecule has 0 aromatic carbocycles. The number of hydrogen-bond acceptors (Lipinski definition) is 18. The number of pyridine rings is 2. The first-order chi connectivity index (χ1) is 33.3. The normalized spacial score (nSPS) is 20.2. The quantitative estimate of drug-likeness (QED) is 0.120. The van der Waals surface area contributed by atoms with Crippen LogP contribution in [0, 0.1) is 0 Å². The van der Waals surface area contributed by atoms with Crippen molar-refractivity contribution in [3.05, 3.63) is 64.3 Å². The fourth-order valence-corrected chi connectivity index (χ4v) is 11.4. The highest BCUT2D eigenvalue weighted by atomic mass is 35.5. The standard InChI is InChI=1S/C19H22F3N5O3S.C13H18ClN3O3S.C12H16BF3N2O2/c1-31(28,29)11-18(2-3-18)15-9-14(25-17(26-15)27-4-6-30-7-5-27)12-10-24-16(23)8-13(12)19(20,21)22;1-21(18,19)9-13(2-3-13)10-8-11(14)16-12(15-10)17-4-6-20-7-5-17;1-10(2)11(3,4)20-13(19-10)8-6-18-9(17)5-7(8)12(14,15)16/h8-10H,2-7,11H2,1H3,(H2,23,24);8H,2-7,9H2,1H3;5-6H,1-4H3,(H2,17,18). The number of nitrogens with two attached hydrogens (primary N) is 2. The summed E-state index contributed by atoms with van der Waals surface area (Å²) >= 11 is 6.12. The third-order valence-corrected chi connectivity index (χ3v) is 15.5. The second kappa shape index (κ2) is 20.2. The Balaban J connectivity index is 0.000000164. The second-order valence-corrected chi connectivity index (χ2v) is 24.3. The number of sulfone groups is 2. The van der Waals surface area contributed by atoms with Crippen LogP contribution in [0.1, 0.15) is 75.9 Å². The minimum absolute atomic E-state index is 0.0334. The molecule has 3 aliphatic heterocycles. The van der Waals surface area contributed by atoms with Crippen LogP contribution in [0.2, 0.25) is 5.15 Å². The van der Waals surface area contributed by atoms with Crippen LogP contribution < -0.4 is 26.7 Å². The topological polar surface area (TPSA) is 241 Å². The number of alkyl halides is 6. The Morgan fingerprint density at radius 2 is 1.06 bits per heavy atom. The fraction of sp³-hybridized carbons (Fsp3) is 0.591. The van der Waals surface area contributed by atoms with E-state index in [4.69, 9.17) is 41.9 Å². The maximum atomic E-state index is 13.7. The first kappa shape index (κ1) is 55.1. The van der Waals surface area contributed by atoms with E-state index >= 15 is 0 Å². The van der Waals surface area contributed by atoms with E-state index in [9.17, 15) is 43.2 Å². The highest BCUT2D eigenvalue weighted by Gasteiger charge is 2.54. The fourth-order valence-electron chi connectivity index (χ4n) is 8.38. The molecule has 0 unspecified atom stereocenters. The molecular formula is C44H56BClF6N10O8S2. The molecule has 2 saturated carbocycles. The maximum Gasteiger partial charge on any atom is 0.497 e. The molecule has 28 heteroatoms. The van der Waals surface area contributed by atoms with E-state index in [0.717, 1.165) is 62.4 Å². The molecule has 394 valence electrons. The van der Waals surface area contributed by atoms with E-state index in [2.05, 4.69) is 29.9 Å². The van der Waals surface area contributed by atoms with Crippen molar-refractivity contribution in [2.75, 3.05) is 97.9 Å². The van der Waals surface area contributed by atoms with Crippen molar-refractivity contribution in [3.63, 3.8) is 0 Å². The van der Waals surface area contributed by atoms with Gasteiger partial charge in [-0.15, -0.1) is 0 Å². The van der Waals surface area contributed by atoms with Gasteiger partial charge in [0.1, 0.15) is 36.5 Å². The molecule has 3 saturated heterocycles. The number of morpholine rings is 2. The number of hydrogen-bond donors (Lipinski definition) is 2. The first-order valence-electron chi connectivity index (χ1n) is 22.8. The van der Waals surface area contributed by atoms with Gasteiger partial charge in [-0.05, 0) is 77.6 Å². The maximum absolute atomic E-state index is 13.7. The molecular weight excluding hydrogens is 1020 g/mol. The molecule has 0 atom stereocenters. The van der Waals surface area contributed by atoms with Gasteiger partial charge in [0.2, 0.25) is 11.9 Å². The number of rotatable bonds is 10. The second-order valence-electron chi connectivity index (χ2n) is 19.6. The van der Waals surface area contributed by atoms with Crippen LogP contribution in [-0.4, -0.2) is 142 Å². The number of nitrogen functional groups attached to an aromatic ring is 2. The molecule has 4 aromatic rings. The number of nitrogens with zero attached hydrogens (tertiary/aromatic N) is 8. The lowest BCUT2D eigenvalue weighted by Gasteiger charge is -2.32. The summed E-state index contributed by atoms with van der Waals surface area (Å²) in [6.07, 6.45) is -1.87. The van der Waals surface area contributed by atoms with Gasteiger partial charge < -0.3 is 40.0 Å². The third kappa shape index (κ3) is 13.3. The molecule has 72 heavy (non-hydrogen) atoms. The smallest absolute Gasteiger partial charge is 0.399 e. The van der Waals surface area contributed by atoms with E-state index < -0.39 is 66.9 Å². The largest absolute Gasteiger partial charge is 0.497 e. The summed E-state index contributed by atoms with van der Waals surface area (Å²) in [5, 5.41) is 0.362. The van der Waals surface area contributed by atoms with Gasteiger partial charge in [-0.2, -0.15) is 26.3 Å². The zero-order valence-corrected chi connectivity index (χ0v) is 42.8. The van der Waals surface area contributed by atoms with Crippen LogP contribution in [0.5, 0.6) is 0 Å². The summed E-state index contributed by atoms with van der Waals surface area (Å²) in [4.78, 5) is 29.2. The molecule has 0 radical (unpaired) electrons. The first-order valence-corrected chi connectivity index (χ1v) is 27.3. The van der Waals surface area contributed by atoms with Crippen LogP contribution in [0.15, 0.2) is 36.7 Å². The van der Waals surface area contributed by atoms with Crippen LogP contribution in [0.3, 0.4) is 0 Å². The van der Waals surface area contributed by atoms with E-state index in [1.165, 1.54) is 12.3 Å². The summed E-state index contributed by atoms with van der Waals surface area (Å²) in [6.45, 7) is 11.6. The van der Waals surface area contributed by atoms with Crippen LogP contribution in [0.4, 0.5) is 49.9 Å². The molecule has 5 aliphatic rings. The Bertz CT molecular complexity index is 2850. The van der Waals surface area contributed by atoms with Gasteiger partial charge in [0.05, 0.1) is 77.3 Å². The van der Waals surface area contributed by atoms with Gasteiger partial charge in [0.15, 0.2) is 0 Å². The molecule has 4 N–H and O–H groups in total. The average molecular weight is 1080 g/mol. The Hall–Kier alpha value is -4.67. The number of ether oxygens (including phenoxy) is 2. The Morgan fingerprint density at radius 3 is 1.49 bits per heavy atom. The van der Waals surface area contributed by atoms with Gasteiger partial charge >= 0.3 is 19.5 Å². The summed E-state index contributed by atoms with van der Waals surface area (Å²) in [6, 6.07) is 4.71. The number of aromatic nitrogens is 6. The van der Waals surface area contributed by atoms with Crippen molar-refractivity contribution in [3.8, 4) is 11.3 Å². The number of anilines is 4. The zero-order valence-electron chi connectivity index (χ0n) is 40.4. The van der Waals surface area contributed by atoms with E-state index in [1.54, 1.807) is 33.8 Å². The lowest BCUT2D eigenvalue weighted by Crippen LogP contribution is -2.41. The predicted molar refractivity (Wildman–Crippen MR) is 258 cm³/mol. The van der Waals surface area contributed by atoms with Crippen molar-refractivity contribution >= 4 is 67.4 Å². The van der Waals surface area contributed by atoms with Crippen LogP contribution >= 0.6 is 11.6 Å². The van der Waals surface area contributed by atoms with E-state index in [0.29, 0.717) is 69.2 Å². The molecule has 0 amide bonds. The summed E-state index contributed by atoms with van der Waals surface area (Å²) in [5.74, 6) is 0.370. The summed E-state index contributed by atoms with van der Waals surface area (Å²) < 4.78 is 149. The minimum atomic E-state index is -4.67. The van der Waals surface area contributed by atoms with Gasteiger partial charge in [-0.1, -0.05) is 11.6 Å². The van der Waals surface area contributed by atoms with Gasteiger partial charge in [0, 0.05) is 72.9 Å². The molecule has 5 fully saturated rings. The van der Waals surface area contributed by atoms with Crippen LogP contribution in [0.25, 0.3) is 11.3 Å². The number of halogens is 7. The van der Waals surface area contributed by atoms with Gasteiger partial charge in [-0.3, -0.25) is 0 Å². The van der Waals surface area contributed by atoms with Crippen molar-refractivity contribution in [1.82, 2.24) is 29.9 Å². The van der Waals surface area contributed by atoms with E-state index in [1.807, 2.05) is 9.80 Å². The lowest BCUT2D eigenvalue weighted by atomic mass is 9.77.